The van der Waals surface area contributed by atoms with Crippen LogP contribution in [0.4, 0.5) is 21.5 Å². The van der Waals surface area contributed by atoms with Gasteiger partial charge in [0.15, 0.2) is 6.10 Å². The first-order valence-electron chi connectivity index (χ1n) is 9.95. The number of imide groups is 1. The highest BCUT2D eigenvalue weighted by atomic mass is 79.9. The van der Waals surface area contributed by atoms with Crippen LogP contribution >= 0.6 is 15.9 Å². The summed E-state index contributed by atoms with van der Waals surface area (Å²) in [5.41, 5.74) is 1.30. The number of fused-ring (bicyclic) bond motifs is 1. The highest BCUT2D eigenvalue weighted by molar-refractivity contribution is 9.10. The highest BCUT2D eigenvalue weighted by Gasteiger charge is 2.60. The molecule has 5 rings (SSSR count). The number of hydrogen-bond donors (Lipinski definition) is 0. The van der Waals surface area contributed by atoms with Crippen molar-refractivity contribution in [3.05, 3.63) is 98.8 Å². The second-order valence-corrected chi connectivity index (χ2v) is 8.47. The number of non-ortho nitro benzene ring substituents is 1. The first-order valence-corrected chi connectivity index (χ1v) is 10.7. The lowest BCUT2D eigenvalue weighted by molar-refractivity contribution is -0.384. The summed E-state index contributed by atoms with van der Waals surface area (Å²) in [6.07, 6.45) is -1.10. The molecule has 2 heterocycles. The fourth-order valence-electron chi connectivity index (χ4n) is 4.23. The van der Waals surface area contributed by atoms with Crippen molar-refractivity contribution in [3.63, 3.8) is 0 Å². The van der Waals surface area contributed by atoms with E-state index in [-0.39, 0.29) is 15.8 Å². The van der Waals surface area contributed by atoms with Gasteiger partial charge in [-0.1, -0.05) is 24.3 Å². The Morgan fingerprint density at radius 1 is 0.939 bits per heavy atom. The van der Waals surface area contributed by atoms with Crippen molar-refractivity contribution in [3.8, 4) is 0 Å². The number of nitro benzene ring substituents is 1. The zero-order valence-corrected chi connectivity index (χ0v) is 18.4. The molecule has 10 heteroatoms. The summed E-state index contributed by atoms with van der Waals surface area (Å²) in [5, 5.41) is 12.5. The maximum absolute atomic E-state index is 13.9. The van der Waals surface area contributed by atoms with Crippen LogP contribution in [0.3, 0.4) is 0 Å². The maximum Gasteiger partial charge on any atom is 0.269 e. The summed E-state index contributed by atoms with van der Waals surface area (Å²) in [6.45, 7) is 0. The Bertz CT molecular complexity index is 1270. The third-order valence-corrected chi connectivity index (χ3v) is 6.34. The van der Waals surface area contributed by atoms with E-state index in [1.165, 1.54) is 35.4 Å². The lowest BCUT2D eigenvalue weighted by Gasteiger charge is -2.28. The van der Waals surface area contributed by atoms with Crippen molar-refractivity contribution in [2.45, 2.75) is 12.1 Å². The van der Waals surface area contributed by atoms with Gasteiger partial charge in [0.2, 0.25) is 5.91 Å². The molecule has 3 aromatic carbocycles. The van der Waals surface area contributed by atoms with Crippen LogP contribution in [0.15, 0.2) is 77.3 Å². The van der Waals surface area contributed by atoms with Gasteiger partial charge >= 0.3 is 0 Å². The molecule has 2 aliphatic rings. The Balaban J connectivity index is 1.57. The summed E-state index contributed by atoms with van der Waals surface area (Å²) >= 11 is 3.18. The fraction of sp³-hybridized carbons (Fsp3) is 0.130. The normalized spacial score (nSPS) is 22.1. The Morgan fingerprint density at radius 2 is 1.64 bits per heavy atom. The minimum atomic E-state index is -1.10. The number of nitro groups is 1. The van der Waals surface area contributed by atoms with Crippen LogP contribution in [0.1, 0.15) is 11.6 Å². The molecular formula is C23H15BrFN3O5. The van der Waals surface area contributed by atoms with Crippen LogP contribution in [-0.4, -0.2) is 22.8 Å². The third-order valence-electron chi connectivity index (χ3n) is 5.73. The number of hydroxylamine groups is 1. The SMILES string of the molecule is O=C1[C@H]2[C@@H](c3ccc(F)c(Br)c3)N(c3ccccc3)O[C@H]2C(=O)N1c1ccc([N+](=O)[O-])cc1. The van der Waals surface area contributed by atoms with Crippen LogP contribution in [0, 0.1) is 21.8 Å². The number of carbonyl (C=O) groups is 2. The quantitative estimate of drug-likeness (QED) is 0.290. The largest absolute Gasteiger partial charge is 0.273 e. The molecule has 2 fully saturated rings. The predicted molar refractivity (Wildman–Crippen MR) is 120 cm³/mol. The van der Waals surface area contributed by atoms with Crippen LogP contribution in [0.5, 0.6) is 0 Å². The molecule has 0 unspecified atom stereocenters. The standard InChI is InChI=1S/C23H15BrFN3O5/c24-17-12-13(6-11-18(17)25)20-19-21(33-27(20)15-4-2-1-3-5-15)23(30)26(22(19)29)14-7-9-16(10-8-14)28(31)32/h1-12,19-21H/t19-,20+,21+/m0/s1. The van der Waals surface area contributed by atoms with E-state index in [1.807, 2.05) is 6.07 Å². The van der Waals surface area contributed by atoms with Gasteiger partial charge in [0.05, 0.1) is 26.8 Å². The smallest absolute Gasteiger partial charge is 0.269 e. The summed E-state index contributed by atoms with van der Waals surface area (Å²) in [5.74, 6) is -2.42. The second kappa shape index (κ2) is 8.05. The molecule has 0 bridgehead atoms. The number of halogens is 2. The molecule has 166 valence electrons. The fourth-order valence-corrected chi connectivity index (χ4v) is 4.62. The van der Waals surface area contributed by atoms with Crippen molar-refractivity contribution in [2.75, 3.05) is 9.96 Å². The summed E-state index contributed by atoms with van der Waals surface area (Å²) in [7, 11) is 0. The minimum Gasteiger partial charge on any atom is -0.273 e. The van der Waals surface area contributed by atoms with Gasteiger partial charge in [-0.2, -0.15) is 0 Å². The Morgan fingerprint density at radius 3 is 2.27 bits per heavy atom. The van der Waals surface area contributed by atoms with Crippen LogP contribution < -0.4 is 9.96 Å². The molecule has 0 spiro atoms. The van der Waals surface area contributed by atoms with Gasteiger partial charge in [-0.3, -0.25) is 24.5 Å². The van der Waals surface area contributed by atoms with E-state index in [0.29, 0.717) is 11.3 Å². The number of rotatable bonds is 4. The Hall–Kier alpha value is -3.63. The molecule has 0 radical (unpaired) electrons. The maximum atomic E-state index is 13.9. The summed E-state index contributed by atoms with van der Waals surface area (Å²) in [4.78, 5) is 44.1. The van der Waals surface area contributed by atoms with Crippen molar-refractivity contribution in [1.29, 1.82) is 0 Å². The van der Waals surface area contributed by atoms with Gasteiger partial charge in [-0.15, -0.1) is 0 Å². The topological polar surface area (TPSA) is 93.0 Å². The number of anilines is 2. The first kappa shape index (κ1) is 21.2. The zero-order chi connectivity index (χ0) is 23.3. The van der Waals surface area contributed by atoms with E-state index < -0.39 is 40.6 Å². The first-order chi connectivity index (χ1) is 15.9. The molecule has 2 amide bonds. The Kier molecular flexibility index (Phi) is 5.18. The number of hydrogen-bond acceptors (Lipinski definition) is 6. The molecule has 3 aromatic rings. The monoisotopic (exact) mass is 511 g/mol. The molecular weight excluding hydrogens is 497 g/mol. The second-order valence-electron chi connectivity index (χ2n) is 7.62. The molecule has 2 saturated heterocycles. The lowest BCUT2D eigenvalue weighted by atomic mass is 9.90. The molecule has 0 aliphatic carbocycles. The van der Waals surface area contributed by atoms with Crippen molar-refractivity contribution in [2.24, 2.45) is 5.92 Å². The molecule has 0 aromatic heterocycles. The van der Waals surface area contributed by atoms with Gasteiger partial charge in [0, 0.05) is 12.1 Å². The Labute approximate surface area is 195 Å². The summed E-state index contributed by atoms with van der Waals surface area (Å²) in [6, 6.07) is 17.9. The highest BCUT2D eigenvalue weighted by Crippen LogP contribution is 2.48. The third kappa shape index (κ3) is 3.47. The van der Waals surface area contributed by atoms with Gasteiger partial charge in [-0.25, -0.2) is 14.4 Å². The van der Waals surface area contributed by atoms with Crippen LogP contribution in [0.25, 0.3) is 0 Å². The molecule has 0 N–H and O–H groups in total. The predicted octanol–water partition coefficient (Wildman–Crippen LogP) is 4.55. The average molecular weight is 512 g/mol. The molecule has 0 saturated carbocycles. The van der Waals surface area contributed by atoms with Crippen LogP contribution in [-0.2, 0) is 14.4 Å². The van der Waals surface area contributed by atoms with E-state index in [1.54, 1.807) is 36.4 Å². The van der Waals surface area contributed by atoms with E-state index in [4.69, 9.17) is 4.84 Å². The van der Waals surface area contributed by atoms with Gasteiger partial charge < -0.3 is 0 Å². The van der Waals surface area contributed by atoms with Gasteiger partial charge in [0.25, 0.3) is 11.6 Å². The lowest BCUT2D eigenvalue weighted by Crippen LogP contribution is -2.37. The van der Waals surface area contributed by atoms with E-state index in [9.17, 15) is 24.1 Å². The van der Waals surface area contributed by atoms with E-state index in [0.717, 1.165) is 4.90 Å². The van der Waals surface area contributed by atoms with Crippen molar-refractivity contribution < 1.29 is 23.7 Å². The number of amides is 2. The zero-order valence-electron chi connectivity index (χ0n) is 16.8. The average Bonchev–Trinajstić information content (AvgIpc) is 3.32. The molecule has 8 nitrogen and oxygen atoms in total. The number of benzene rings is 3. The number of nitrogens with zero attached hydrogens (tertiary/aromatic N) is 3. The van der Waals surface area contributed by atoms with E-state index in [2.05, 4.69) is 15.9 Å². The van der Waals surface area contributed by atoms with Gasteiger partial charge in [0.1, 0.15) is 11.7 Å². The molecule has 33 heavy (non-hydrogen) atoms. The van der Waals surface area contributed by atoms with E-state index >= 15 is 0 Å². The molecule has 2 aliphatic heterocycles. The number of carbonyl (C=O) groups excluding carboxylic acids is 2. The van der Waals surface area contributed by atoms with Crippen molar-refractivity contribution >= 4 is 44.8 Å². The van der Waals surface area contributed by atoms with Crippen LogP contribution in [0.2, 0.25) is 0 Å². The molecule has 3 atom stereocenters. The van der Waals surface area contributed by atoms with Gasteiger partial charge in [-0.05, 0) is 57.9 Å². The summed E-state index contributed by atoms with van der Waals surface area (Å²) < 4.78 is 14.1. The minimum absolute atomic E-state index is 0.154. The van der Waals surface area contributed by atoms with Crippen molar-refractivity contribution in [1.82, 2.24) is 0 Å². The number of para-hydroxylation sites is 1.